The third-order valence-electron chi connectivity index (χ3n) is 14.5. The molecule has 0 saturated heterocycles. The van der Waals surface area contributed by atoms with Crippen LogP contribution in [-0.2, 0) is 10.8 Å². The maximum atomic E-state index is 2.69. The lowest BCUT2D eigenvalue weighted by atomic mass is 9.78. The summed E-state index contributed by atoms with van der Waals surface area (Å²) in [4.78, 5) is 2.69. The van der Waals surface area contributed by atoms with E-state index in [1.165, 1.54) is 155 Å². The van der Waals surface area contributed by atoms with E-state index in [0.717, 1.165) is 32.4 Å². The molecule has 63 heavy (non-hydrogen) atoms. The van der Waals surface area contributed by atoms with Gasteiger partial charge in [-0.2, -0.15) is 4.58 Å². The first-order valence-corrected chi connectivity index (χ1v) is 24.6. The molecule has 8 rings (SSSR count). The molecule has 2 nitrogen and oxygen atoms in total. The fourth-order valence-electron chi connectivity index (χ4n) is 11.2. The number of rotatable bonds is 18. The van der Waals surface area contributed by atoms with Gasteiger partial charge in [-0.3, -0.25) is 0 Å². The minimum atomic E-state index is -0.118. The van der Waals surface area contributed by atoms with E-state index < -0.39 is 0 Å². The molecule has 0 aromatic heterocycles. The van der Waals surface area contributed by atoms with Crippen LogP contribution < -0.4 is 28.9 Å². The van der Waals surface area contributed by atoms with Crippen LogP contribution in [0.25, 0.3) is 27.1 Å². The molecule has 2 heterocycles. The Morgan fingerprint density at radius 1 is 0.571 bits per heavy atom. The second-order valence-electron chi connectivity index (χ2n) is 19.5. The summed E-state index contributed by atoms with van der Waals surface area (Å²) in [6, 6.07) is 38.8. The first-order chi connectivity index (χ1) is 30.3. The van der Waals surface area contributed by atoms with Gasteiger partial charge in [0, 0.05) is 47.5 Å². The average molecular weight is 949 g/mol. The highest BCUT2D eigenvalue weighted by molar-refractivity contribution is 6.08. The van der Waals surface area contributed by atoms with Gasteiger partial charge in [0.15, 0.2) is 5.71 Å². The Hall–Kier alpha value is -4.22. The van der Waals surface area contributed by atoms with Gasteiger partial charge < -0.3 is 28.9 Å². The average Bonchev–Trinajstić information content (AvgIpc) is 3.65. The highest BCUT2D eigenvalue weighted by atomic mass is 127. The van der Waals surface area contributed by atoms with Crippen LogP contribution in [0.15, 0.2) is 144 Å². The molecule has 2 aliphatic heterocycles. The molecule has 1 aliphatic carbocycles. The molecule has 0 radical (unpaired) electrons. The quantitative estimate of drug-likeness (QED) is 0.0482. The Balaban J connectivity index is 0.00000595. The standard InChI is InChI=1S/C60H73N2.HI/c1-7-9-11-13-15-24-43-61-52-39-35-45-27-20-22-33-50(45)57(52)59(3,4)54(61)41-37-48-31-26-32-49(56(48)47-29-18-17-19-30-47)38-42-55-60(5,6)58-51-34-23-21-28-46(51)36-40-53(58)62(55)44-25-16-14-12-10-8-2;/h17-23,27-30,33-42H,7-16,24-26,31-32,43-44H2,1-6H3;1H/q+1;/p-1. The van der Waals surface area contributed by atoms with E-state index in [2.05, 4.69) is 178 Å². The third kappa shape index (κ3) is 9.75. The number of allylic oxidation sites excluding steroid dienone is 8. The van der Waals surface area contributed by atoms with E-state index in [1.807, 2.05) is 0 Å². The third-order valence-corrected chi connectivity index (χ3v) is 14.5. The first-order valence-electron chi connectivity index (χ1n) is 24.6. The van der Waals surface area contributed by atoms with Crippen LogP contribution in [0.4, 0.5) is 11.4 Å². The molecule has 3 aliphatic rings. The number of halogens is 1. The van der Waals surface area contributed by atoms with Crippen LogP contribution in [0, 0.1) is 0 Å². The molecule has 0 spiro atoms. The van der Waals surface area contributed by atoms with Crippen LogP contribution >= 0.6 is 0 Å². The van der Waals surface area contributed by atoms with E-state index >= 15 is 0 Å². The smallest absolute Gasteiger partial charge is 0.210 e. The predicted molar refractivity (Wildman–Crippen MR) is 270 cm³/mol. The number of benzene rings is 5. The lowest BCUT2D eigenvalue weighted by Gasteiger charge is -2.28. The van der Waals surface area contributed by atoms with E-state index in [-0.39, 0.29) is 34.8 Å². The van der Waals surface area contributed by atoms with Crippen LogP contribution in [0.3, 0.4) is 0 Å². The van der Waals surface area contributed by atoms with Gasteiger partial charge in [-0.15, -0.1) is 0 Å². The number of anilines is 1. The molecule has 0 saturated carbocycles. The lowest BCUT2D eigenvalue weighted by Crippen LogP contribution is -3.00. The topological polar surface area (TPSA) is 6.25 Å². The summed E-state index contributed by atoms with van der Waals surface area (Å²) >= 11 is 0. The van der Waals surface area contributed by atoms with Crippen molar-refractivity contribution in [3.63, 3.8) is 0 Å². The lowest BCUT2D eigenvalue weighted by molar-refractivity contribution is -0.438. The van der Waals surface area contributed by atoms with E-state index in [1.54, 1.807) is 0 Å². The van der Waals surface area contributed by atoms with E-state index in [0.29, 0.717) is 0 Å². The molecule has 0 N–H and O–H groups in total. The fraction of sp³-hybridized carbons (Fsp3) is 0.417. The second kappa shape index (κ2) is 21.2. The van der Waals surface area contributed by atoms with Gasteiger partial charge in [0.1, 0.15) is 6.54 Å². The van der Waals surface area contributed by atoms with Crippen molar-refractivity contribution in [1.29, 1.82) is 0 Å². The van der Waals surface area contributed by atoms with Crippen molar-refractivity contribution in [2.45, 2.75) is 149 Å². The largest absolute Gasteiger partial charge is 1.00 e. The van der Waals surface area contributed by atoms with Crippen molar-refractivity contribution in [3.8, 4) is 0 Å². The monoisotopic (exact) mass is 948 g/mol. The zero-order valence-electron chi connectivity index (χ0n) is 39.4. The van der Waals surface area contributed by atoms with Crippen molar-refractivity contribution in [1.82, 2.24) is 0 Å². The maximum absolute atomic E-state index is 2.69. The van der Waals surface area contributed by atoms with Crippen LogP contribution in [-0.4, -0.2) is 23.4 Å². The Bertz CT molecular complexity index is 2530. The van der Waals surface area contributed by atoms with E-state index in [9.17, 15) is 0 Å². The molecule has 3 heteroatoms. The molecule has 0 bridgehead atoms. The van der Waals surface area contributed by atoms with Crippen molar-refractivity contribution in [2.24, 2.45) is 0 Å². The van der Waals surface area contributed by atoms with Gasteiger partial charge in [0.2, 0.25) is 5.69 Å². The van der Waals surface area contributed by atoms with Gasteiger partial charge in [-0.05, 0) is 114 Å². The van der Waals surface area contributed by atoms with Gasteiger partial charge in [0.05, 0.1) is 5.41 Å². The maximum Gasteiger partial charge on any atom is 0.210 e. The molecule has 330 valence electrons. The summed E-state index contributed by atoms with van der Waals surface area (Å²) in [6.07, 6.45) is 29.1. The Morgan fingerprint density at radius 2 is 1.17 bits per heavy atom. The molecular weight excluding hydrogens is 876 g/mol. The number of unbranched alkanes of at least 4 members (excludes halogenated alkanes) is 10. The molecule has 0 fully saturated rings. The zero-order valence-corrected chi connectivity index (χ0v) is 41.6. The number of hydrogen-bond donors (Lipinski definition) is 0. The summed E-state index contributed by atoms with van der Waals surface area (Å²) in [5.74, 6) is 0. The van der Waals surface area contributed by atoms with Crippen LogP contribution in [0.5, 0.6) is 0 Å². The summed E-state index contributed by atoms with van der Waals surface area (Å²) in [6.45, 7) is 16.6. The van der Waals surface area contributed by atoms with E-state index in [4.69, 9.17) is 0 Å². The minimum absolute atomic E-state index is 0. The highest BCUT2D eigenvalue weighted by Crippen LogP contribution is 2.51. The number of fused-ring (bicyclic) bond motifs is 6. The molecule has 5 aromatic rings. The summed E-state index contributed by atoms with van der Waals surface area (Å²) in [7, 11) is 0. The van der Waals surface area contributed by atoms with Gasteiger partial charge in [-0.25, -0.2) is 0 Å². The van der Waals surface area contributed by atoms with Crippen molar-refractivity contribution < 1.29 is 28.6 Å². The Labute approximate surface area is 398 Å². The number of hydrogen-bond acceptors (Lipinski definition) is 1. The minimum Gasteiger partial charge on any atom is -1.00 e. The van der Waals surface area contributed by atoms with Crippen molar-refractivity contribution in [2.75, 3.05) is 18.0 Å². The predicted octanol–water partition coefficient (Wildman–Crippen LogP) is 13.9. The molecular formula is C60H73IN2. The first kappa shape index (κ1) is 46.8. The molecule has 0 unspecified atom stereocenters. The Kier molecular flexibility index (Phi) is 15.7. The normalized spacial score (nSPS) is 18.0. The summed E-state index contributed by atoms with van der Waals surface area (Å²) < 4.78 is 2.69. The van der Waals surface area contributed by atoms with Gasteiger partial charge in [-0.1, -0.05) is 183 Å². The fourth-order valence-corrected chi connectivity index (χ4v) is 11.2. The molecule has 5 aromatic carbocycles. The number of nitrogens with zero attached hydrogens (tertiary/aromatic N) is 2. The second-order valence-corrected chi connectivity index (χ2v) is 19.5. The van der Waals surface area contributed by atoms with Crippen LogP contribution in [0.2, 0.25) is 0 Å². The zero-order chi connectivity index (χ0) is 43.1. The summed E-state index contributed by atoms with van der Waals surface area (Å²) in [5, 5.41) is 5.45. The Morgan fingerprint density at radius 3 is 1.87 bits per heavy atom. The van der Waals surface area contributed by atoms with Crippen LogP contribution in [0.1, 0.15) is 155 Å². The van der Waals surface area contributed by atoms with Gasteiger partial charge in [0.25, 0.3) is 0 Å². The summed E-state index contributed by atoms with van der Waals surface area (Å²) in [5.41, 5.74) is 14.0. The highest BCUT2D eigenvalue weighted by Gasteiger charge is 2.45. The SMILES string of the molecule is CCCCCCCCN1/C(=C/C=C2\CCCC(/C=C/C3=[N+](CCCCCCCC)c4ccc5ccccc5c4C3(C)C)=C2c2ccccc2)C(C)(C)c2c1ccc1ccccc21.[I-]. The van der Waals surface area contributed by atoms with Crippen molar-refractivity contribution >= 4 is 44.2 Å². The molecule has 0 atom stereocenters. The molecule has 0 amide bonds. The van der Waals surface area contributed by atoms with Crippen molar-refractivity contribution in [3.05, 3.63) is 161 Å². The van der Waals surface area contributed by atoms with Gasteiger partial charge >= 0.3 is 0 Å².